The lowest BCUT2D eigenvalue weighted by molar-refractivity contribution is -0.384. The standard InChI is InChI=1S/C13H15N5O2/c19-18(20)10-1-2-11-12(5-10)15-8-13(17-11)16-7-9-3-4-14-6-9/h1-2,5,8-9,14H,3-4,6-7H2,(H,16,17). The van der Waals surface area contributed by atoms with Gasteiger partial charge in [0.05, 0.1) is 22.2 Å². The van der Waals surface area contributed by atoms with Crippen molar-refractivity contribution in [2.45, 2.75) is 6.42 Å². The zero-order valence-electron chi connectivity index (χ0n) is 10.9. The van der Waals surface area contributed by atoms with Crippen LogP contribution in [0.1, 0.15) is 6.42 Å². The molecule has 1 atom stereocenters. The minimum atomic E-state index is -0.430. The van der Waals surface area contributed by atoms with Crippen molar-refractivity contribution < 1.29 is 4.92 Å². The number of fused-ring (bicyclic) bond motifs is 1. The molecule has 7 nitrogen and oxygen atoms in total. The van der Waals surface area contributed by atoms with E-state index < -0.39 is 4.92 Å². The lowest BCUT2D eigenvalue weighted by atomic mass is 10.1. The number of nitro benzene ring substituents is 1. The summed E-state index contributed by atoms with van der Waals surface area (Å²) >= 11 is 0. The largest absolute Gasteiger partial charge is 0.368 e. The van der Waals surface area contributed by atoms with Crippen molar-refractivity contribution in [2.24, 2.45) is 5.92 Å². The highest BCUT2D eigenvalue weighted by Gasteiger charge is 2.14. The second kappa shape index (κ2) is 5.38. The summed E-state index contributed by atoms with van der Waals surface area (Å²) in [5.41, 5.74) is 1.22. The summed E-state index contributed by atoms with van der Waals surface area (Å²) in [4.78, 5) is 18.9. The van der Waals surface area contributed by atoms with Crippen LogP contribution in [-0.4, -0.2) is 34.5 Å². The Morgan fingerprint density at radius 2 is 2.35 bits per heavy atom. The van der Waals surface area contributed by atoms with Crippen molar-refractivity contribution in [3.05, 3.63) is 34.5 Å². The first-order valence-electron chi connectivity index (χ1n) is 6.58. The summed E-state index contributed by atoms with van der Waals surface area (Å²) in [6.45, 7) is 2.96. The SMILES string of the molecule is O=[N+]([O-])c1ccc2nc(NCC3CCNC3)cnc2c1. The van der Waals surface area contributed by atoms with Crippen LogP contribution in [0.15, 0.2) is 24.4 Å². The molecule has 1 saturated heterocycles. The van der Waals surface area contributed by atoms with E-state index in [4.69, 9.17) is 0 Å². The van der Waals surface area contributed by atoms with Crippen LogP contribution < -0.4 is 10.6 Å². The van der Waals surface area contributed by atoms with E-state index in [0.29, 0.717) is 22.8 Å². The van der Waals surface area contributed by atoms with E-state index in [0.717, 1.165) is 19.6 Å². The molecule has 0 amide bonds. The van der Waals surface area contributed by atoms with Gasteiger partial charge in [0.1, 0.15) is 5.82 Å². The normalized spacial score (nSPS) is 18.3. The zero-order chi connectivity index (χ0) is 13.9. The Bertz CT molecular complexity index is 640. The Labute approximate surface area is 115 Å². The van der Waals surface area contributed by atoms with Gasteiger partial charge in [0.2, 0.25) is 0 Å². The second-order valence-corrected chi connectivity index (χ2v) is 4.93. The zero-order valence-corrected chi connectivity index (χ0v) is 10.9. The van der Waals surface area contributed by atoms with Gasteiger partial charge in [-0.1, -0.05) is 0 Å². The Hall–Kier alpha value is -2.28. The van der Waals surface area contributed by atoms with E-state index in [-0.39, 0.29) is 5.69 Å². The molecule has 20 heavy (non-hydrogen) atoms. The van der Waals surface area contributed by atoms with Crippen molar-refractivity contribution in [3.63, 3.8) is 0 Å². The molecule has 0 bridgehead atoms. The van der Waals surface area contributed by atoms with Crippen molar-refractivity contribution in [1.29, 1.82) is 0 Å². The van der Waals surface area contributed by atoms with Crippen LogP contribution in [0.4, 0.5) is 11.5 Å². The number of aromatic nitrogens is 2. The fourth-order valence-corrected chi connectivity index (χ4v) is 2.34. The number of nitrogens with one attached hydrogen (secondary N) is 2. The third-order valence-corrected chi connectivity index (χ3v) is 3.47. The molecule has 2 aromatic rings. The van der Waals surface area contributed by atoms with Gasteiger partial charge in [0, 0.05) is 18.7 Å². The van der Waals surface area contributed by atoms with E-state index in [9.17, 15) is 10.1 Å². The maximum Gasteiger partial charge on any atom is 0.271 e. The Morgan fingerprint density at radius 3 is 3.10 bits per heavy atom. The molecule has 7 heteroatoms. The summed E-state index contributed by atoms with van der Waals surface area (Å²) in [6.07, 6.45) is 2.79. The Kier molecular flexibility index (Phi) is 3.42. The maximum absolute atomic E-state index is 10.7. The molecule has 1 aliphatic heterocycles. The van der Waals surface area contributed by atoms with E-state index in [1.54, 1.807) is 12.3 Å². The summed E-state index contributed by atoms with van der Waals surface area (Å²) < 4.78 is 0. The number of hydrogen-bond donors (Lipinski definition) is 2. The highest BCUT2D eigenvalue weighted by atomic mass is 16.6. The quantitative estimate of drug-likeness (QED) is 0.648. The molecule has 3 rings (SSSR count). The number of nitro groups is 1. The van der Waals surface area contributed by atoms with Crippen LogP contribution in [0.2, 0.25) is 0 Å². The van der Waals surface area contributed by atoms with Crippen molar-refractivity contribution in [1.82, 2.24) is 15.3 Å². The van der Waals surface area contributed by atoms with Gasteiger partial charge < -0.3 is 10.6 Å². The van der Waals surface area contributed by atoms with Gasteiger partial charge in [-0.2, -0.15) is 0 Å². The average molecular weight is 273 g/mol. The smallest absolute Gasteiger partial charge is 0.271 e. The number of anilines is 1. The molecule has 1 aromatic carbocycles. The molecule has 1 fully saturated rings. The molecule has 104 valence electrons. The lowest BCUT2D eigenvalue weighted by Crippen LogP contribution is -2.17. The number of rotatable bonds is 4. The molecular formula is C13H15N5O2. The first-order valence-corrected chi connectivity index (χ1v) is 6.58. The third kappa shape index (κ3) is 2.67. The molecule has 0 radical (unpaired) electrons. The second-order valence-electron chi connectivity index (χ2n) is 4.93. The Morgan fingerprint density at radius 1 is 1.45 bits per heavy atom. The molecule has 2 heterocycles. The van der Waals surface area contributed by atoms with Crippen LogP contribution in [0, 0.1) is 16.0 Å². The van der Waals surface area contributed by atoms with Crippen LogP contribution in [0.3, 0.4) is 0 Å². The van der Waals surface area contributed by atoms with Crippen LogP contribution in [0.5, 0.6) is 0 Å². The van der Waals surface area contributed by atoms with Gasteiger partial charge >= 0.3 is 0 Å². The Balaban J connectivity index is 1.76. The molecule has 2 N–H and O–H groups in total. The highest BCUT2D eigenvalue weighted by molar-refractivity contribution is 5.78. The summed E-state index contributed by atoms with van der Waals surface area (Å²) in [6, 6.07) is 4.51. The summed E-state index contributed by atoms with van der Waals surface area (Å²) in [5, 5.41) is 17.3. The van der Waals surface area contributed by atoms with Crippen molar-refractivity contribution in [3.8, 4) is 0 Å². The van der Waals surface area contributed by atoms with Gasteiger partial charge in [-0.05, 0) is 31.5 Å². The monoisotopic (exact) mass is 273 g/mol. The lowest BCUT2D eigenvalue weighted by Gasteiger charge is -2.10. The van der Waals surface area contributed by atoms with Crippen molar-refractivity contribution >= 4 is 22.5 Å². The van der Waals surface area contributed by atoms with Crippen LogP contribution in [-0.2, 0) is 0 Å². The molecular weight excluding hydrogens is 258 g/mol. The highest BCUT2D eigenvalue weighted by Crippen LogP contribution is 2.19. The fraction of sp³-hybridized carbons (Fsp3) is 0.385. The van der Waals surface area contributed by atoms with Gasteiger partial charge in [-0.25, -0.2) is 4.98 Å². The molecule has 1 unspecified atom stereocenters. The number of hydrogen-bond acceptors (Lipinski definition) is 6. The van der Waals surface area contributed by atoms with Gasteiger partial charge in [-0.3, -0.25) is 15.1 Å². The number of benzene rings is 1. The van der Waals surface area contributed by atoms with E-state index in [2.05, 4.69) is 20.6 Å². The first-order chi connectivity index (χ1) is 9.72. The minimum absolute atomic E-state index is 0.0320. The molecule has 0 spiro atoms. The number of non-ortho nitro benzene ring substituents is 1. The topological polar surface area (TPSA) is 93.0 Å². The predicted octanol–water partition coefficient (Wildman–Crippen LogP) is 1.56. The van der Waals surface area contributed by atoms with Gasteiger partial charge in [0.15, 0.2) is 0 Å². The predicted molar refractivity (Wildman–Crippen MR) is 75.7 cm³/mol. The molecule has 1 aliphatic rings. The van der Waals surface area contributed by atoms with E-state index >= 15 is 0 Å². The molecule has 0 aliphatic carbocycles. The van der Waals surface area contributed by atoms with Crippen molar-refractivity contribution in [2.75, 3.05) is 25.0 Å². The van der Waals surface area contributed by atoms with Gasteiger partial charge in [0.25, 0.3) is 5.69 Å². The van der Waals surface area contributed by atoms with Gasteiger partial charge in [-0.15, -0.1) is 0 Å². The number of nitrogens with zero attached hydrogens (tertiary/aromatic N) is 3. The van der Waals surface area contributed by atoms with E-state index in [1.807, 2.05) is 0 Å². The molecule has 1 aromatic heterocycles. The maximum atomic E-state index is 10.7. The van der Waals surface area contributed by atoms with Crippen LogP contribution >= 0.6 is 0 Å². The van der Waals surface area contributed by atoms with Crippen LogP contribution in [0.25, 0.3) is 11.0 Å². The average Bonchev–Trinajstić information content (AvgIpc) is 2.97. The van der Waals surface area contributed by atoms with E-state index in [1.165, 1.54) is 18.6 Å². The summed E-state index contributed by atoms with van der Waals surface area (Å²) in [7, 11) is 0. The summed E-state index contributed by atoms with van der Waals surface area (Å²) in [5.74, 6) is 1.32. The third-order valence-electron chi connectivity index (χ3n) is 3.47. The molecule has 0 saturated carbocycles. The minimum Gasteiger partial charge on any atom is -0.368 e. The fourth-order valence-electron chi connectivity index (χ4n) is 2.34. The first kappa shape index (κ1) is 12.7.